The Labute approximate surface area is 98.9 Å². The molecule has 0 aliphatic carbocycles. The van der Waals surface area contributed by atoms with Gasteiger partial charge in [0.15, 0.2) is 0 Å². The Morgan fingerprint density at radius 2 is 2.29 bits per heavy atom. The Balaban J connectivity index is 2.39. The first-order valence-electron chi connectivity index (χ1n) is 4.13. The molecule has 0 bridgehead atoms. The Morgan fingerprint density at radius 1 is 1.50 bits per heavy atom. The normalized spacial score (nSPS) is 13.1. The van der Waals surface area contributed by atoms with Gasteiger partial charge in [0.2, 0.25) is 0 Å². The first-order valence-corrected chi connectivity index (χ1v) is 6.68. The number of nitrogens with zero attached hydrogens (tertiary/aromatic N) is 1. The summed E-state index contributed by atoms with van der Waals surface area (Å²) in [4.78, 5) is 5.67. The van der Waals surface area contributed by atoms with Gasteiger partial charge in [0, 0.05) is 15.9 Å². The van der Waals surface area contributed by atoms with Gasteiger partial charge in [0.25, 0.3) is 0 Å². The molecule has 0 radical (unpaired) electrons. The number of hydrogen-bond acceptors (Lipinski definition) is 4. The number of aromatic nitrogens is 1. The predicted molar refractivity (Wildman–Crippen MR) is 65.7 cm³/mol. The Morgan fingerprint density at radius 3 is 2.79 bits per heavy atom. The van der Waals surface area contributed by atoms with Gasteiger partial charge in [-0.1, -0.05) is 0 Å². The van der Waals surface area contributed by atoms with E-state index in [9.17, 15) is 0 Å². The predicted octanol–water partition coefficient (Wildman–Crippen LogP) is 3.65. The lowest BCUT2D eigenvalue weighted by molar-refractivity contribution is 0.790. The van der Waals surface area contributed by atoms with Crippen molar-refractivity contribution < 1.29 is 0 Å². The second kappa shape index (κ2) is 4.10. The van der Waals surface area contributed by atoms with E-state index in [1.54, 1.807) is 22.7 Å². The molecule has 2 rings (SSSR count). The minimum Gasteiger partial charge on any atom is -0.323 e. The highest BCUT2D eigenvalue weighted by atomic mass is 79.9. The summed E-state index contributed by atoms with van der Waals surface area (Å²) in [7, 11) is 0. The van der Waals surface area contributed by atoms with Crippen molar-refractivity contribution in [2.24, 2.45) is 5.73 Å². The van der Waals surface area contributed by atoms with E-state index in [4.69, 9.17) is 5.73 Å². The number of nitrogens with two attached hydrogens (primary N) is 1. The quantitative estimate of drug-likeness (QED) is 0.916. The monoisotopic (exact) mass is 288 g/mol. The highest BCUT2D eigenvalue weighted by Crippen LogP contribution is 2.35. The van der Waals surface area contributed by atoms with Crippen molar-refractivity contribution in [3.05, 3.63) is 27.0 Å². The Bertz CT molecular complexity index is 433. The molecule has 0 aliphatic heterocycles. The Hall–Kier alpha value is -0.230. The van der Waals surface area contributed by atoms with Gasteiger partial charge >= 0.3 is 0 Å². The number of thiophene rings is 1. The zero-order valence-corrected chi connectivity index (χ0v) is 10.7. The molecule has 0 fully saturated rings. The molecule has 0 spiro atoms. The lowest BCUT2D eigenvalue weighted by atomic mass is 10.3. The van der Waals surface area contributed by atoms with E-state index in [0.29, 0.717) is 0 Å². The number of hydrogen-bond donors (Lipinski definition) is 1. The number of halogens is 1. The molecule has 0 amide bonds. The van der Waals surface area contributed by atoms with Crippen LogP contribution in [0.5, 0.6) is 0 Å². The van der Waals surface area contributed by atoms with Crippen LogP contribution in [-0.4, -0.2) is 4.98 Å². The van der Waals surface area contributed by atoms with Gasteiger partial charge in [-0.15, -0.1) is 22.7 Å². The third-order valence-corrected chi connectivity index (χ3v) is 4.65. The molecule has 1 unspecified atom stereocenters. The molecule has 2 aromatic heterocycles. The fourth-order valence-electron chi connectivity index (χ4n) is 1.05. The van der Waals surface area contributed by atoms with Crippen LogP contribution in [-0.2, 0) is 0 Å². The molecule has 0 saturated carbocycles. The molecule has 0 aliphatic rings. The van der Waals surface area contributed by atoms with Gasteiger partial charge in [-0.3, -0.25) is 0 Å². The lowest BCUT2D eigenvalue weighted by Gasteiger charge is -1.97. The van der Waals surface area contributed by atoms with Crippen molar-refractivity contribution in [3.8, 4) is 9.88 Å². The maximum atomic E-state index is 5.75. The molecule has 2 heterocycles. The van der Waals surface area contributed by atoms with Crippen LogP contribution in [0, 0.1) is 0 Å². The summed E-state index contributed by atoms with van der Waals surface area (Å²) in [5.41, 5.74) is 6.72. The van der Waals surface area contributed by atoms with E-state index < -0.39 is 0 Å². The smallest absolute Gasteiger partial charge is 0.134 e. The third-order valence-electron chi connectivity index (χ3n) is 1.80. The molecule has 14 heavy (non-hydrogen) atoms. The van der Waals surface area contributed by atoms with E-state index in [1.165, 1.54) is 4.88 Å². The van der Waals surface area contributed by atoms with E-state index in [-0.39, 0.29) is 6.04 Å². The van der Waals surface area contributed by atoms with Gasteiger partial charge in [0.1, 0.15) is 5.01 Å². The van der Waals surface area contributed by atoms with Crippen molar-refractivity contribution in [3.63, 3.8) is 0 Å². The topological polar surface area (TPSA) is 38.9 Å². The highest BCUT2D eigenvalue weighted by molar-refractivity contribution is 9.10. The van der Waals surface area contributed by atoms with Crippen molar-refractivity contribution in [2.45, 2.75) is 13.0 Å². The molecule has 0 aromatic carbocycles. The summed E-state index contributed by atoms with van der Waals surface area (Å²) in [6.07, 6.45) is 0. The van der Waals surface area contributed by atoms with Gasteiger partial charge in [0.05, 0.1) is 10.6 Å². The summed E-state index contributed by atoms with van der Waals surface area (Å²) in [6.45, 7) is 1.95. The van der Waals surface area contributed by atoms with Crippen molar-refractivity contribution in [1.29, 1.82) is 0 Å². The summed E-state index contributed by atoms with van der Waals surface area (Å²) in [6, 6.07) is 2.05. The van der Waals surface area contributed by atoms with E-state index in [1.807, 2.05) is 23.8 Å². The number of rotatable bonds is 2. The average Bonchev–Trinajstić information content (AvgIpc) is 2.71. The van der Waals surface area contributed by atoms with Gasteiger partial charge in [-0.2, -0.15) is 0 Å². The molecule has 2 aromatic rings. The number of thiazole rings is 1. The van der Waals surface area contributed by atoms with Crippen molar-refractivity contribution in [1.82, 2.24) is 4.98 Å². The summed E-state index contributed by atoms with van der Waals surface area (Å²) < 4.78 is 1.10. The van der Waals surface area contributed by atoms with Crippen LogP contribution in [0.3, 0.4) is 0 Å². The average molecular weight is 289 g/mol. The van der Waals surface area contributed by atoms with Crippen LogP contribution in [0.4, 0.5) is 0 Å². The van der Waals surface area contributed by atoms with Crippen molar-refractivity contribution in [2.75, 3.05) is 0 Å². The zero-order chi connectivity index (χ0) is 10.1. The molecular weight excluding hydrogens is 280 g/mol. The highest BCUT2D eigenvalue weighted by Gasteiger charge is 2.11. The van der Waals surface area contributed by atoms with Gasteiger partial charge in [-0.05, 0) is 34.3 Å². The Kier molecular flexibility index (Phi) is 3.02. The summed E-state index contributed by atoms with van der Waals surface area (Å²) in [5.74, 6) is 0. The van der Waals surface area contributed by atoms with Crippen LogP contribution in [0.15, 0.2) is 21.3 Å². The van der Waals surface area contributed by atoms with Crippen LogP contribution < -0.4 is 5.73 Å². The largest absolute Gasteiger partial charge is 0.323 e. The minimum atomic E-state index is 0.0127. The maximum absolute atomic E-state index is 5.75. The molecule has 2 N–H and O–H groups in total. The zero-order valence-electron chi connectivity index (χ0n) is 7.53. The standard InChI is InChI=1S/C9H9BrN2S2/c1-5(11)7-4-14-9(12-7)8-6(10)2-3-13-8/h2-5H,11H2,1H3. The van der Waals surface area contributed by atoms with Crippen LogP contribution in [0.2, 0.25) is 0 Å². The molecule has 74 valence electrons. The van der Waals surface area contributed by atoms with Gasteiger partial charge < -0.3 is 5.73 Å². The molecular formula is C9H9BrN2S2. The minimum absolute atomic E-state index is 0.0127. The second-order valence-corrected chi connectivity index (χ2v) is 5.59. The first-order chi connectivity index (χ1) is 6.68. The van der Waals surface area contributed by atoms with E-state index in [0.717, 1.165) is 15.2 Å². The second-order valence-electron chi connectivity index (χ2n) is 2.96. The summed E-state index contributed by atoms with van der Waals surface area (Å²) >= 11 is 6.82. The van der Waals surface area contributed by atoms with Gasteiger partial charge in [-0.25, -0.2) is 4.98 Å². The first kappa shape index (κ1) is 10.3. The molecule has 2 nitrogen and oxygen atoms in total. The lowest BCUT2D eigenvalue weighted by Crippen LogP contribution is -2.04. The fourth-order valence-corrected chi connectivity index (χ4v) is 3.78. The molecule has 1 atom stereocenters. The third kappa shape index (κ3) is 1.91. The van der Waals surface area contributed by atoms with Crippen LogP contribution in [0.25, 0.3) is 9.88 Å². The maximum Gasteiger partial charge on any atom is 0.134 e. The van der Waals surface area contributed by atoms with Crippen LogP contribution in [0.1, 0.15) is 18.7 Å². The van der Waals surface area contributed by atoms with E-state index in [2.05, 4.69) is 20.9 Å². The van der Waals surface area contributed by atoms with E-state index >= 15 is 0 Å². The molecule has 5 heteroatoms. The molecule has 0 saturated heterocycles. The van der Waals surface area contributed by atoms with Crippen LogP contribution >= 0.6 is 38.6 Å². The SMILES string of the molecule is CC(N)c1csc(-c2sccc2Br)n1. The summed E-state index contributed by atoms with van der Waals surface area (Å²) in [5, 5.41) is 5.11. The van der Waals surface area contributed by atoms with Crippen molar-refractivity contribution >= 4 is 38.6 Å². The fraction of sp³-hybridized carbons (Fsp3) is 0.222.